The van der Waals surface area contributed by atoms with Crippen LogP contribution in [0.1, 0.15) is 37.4 Å². The van der Waals surface area contributed by atoms with Crippen molar-refractivity contribution in [3.05, 3.63) is 47.3 Å². The lowest BCUT2D eigenvalue weighted by molar-refractivity contribution is 0.278. The Morgan fingerprint density at radius 1 is 1.28 bits per heavy atom. The minimum atomic E-state index is 0.856. The van der Waals surface area contributed by atoms with Gasteiger partial charge in [-0.1, -0.05) is 18.9 Å². The number of piperazine rings is 1. The summed E-state index contributed by atoms with van der Waals surface area (Å²) in [6.07, 6.45) is 8.01. The van der Waals surface area contributed by atoms with E-state index in [1.807, 2.05) is 25.3 Å². The Kier molecular flexibility index (Phi) is 5.87. The minimum absolute atomic E-state index is 0.856. The molecule has 0 atom stereocenters. The van der Waals surface area contributed by atoms with E-state index in [0.717, 1.165) is 63.0 Å². The summed E-state index contributed by atoms with van der Waals surface area (Å²) >= 11 is 0. The summed E-state index contributed by atoms with van der Waals surface area (Å²) in [5, 5.41) is 0. The number of anilines is 1. The molecule has 134 valence electrons. The third-order valence-electron chi connectivity index (χ3n) is 4.56. The first-order chi connectivity index (χ1) is 12.2. The molecule has 5 heteroatoms. The molecule has 5 nitrogen and oxygen atoms in total. The highest BCUT2D eigenvalue weighted by molar-refractivity contribution is 5.48. The topological polar surface area (TPSA) is 45.4 Å². The first kappa shape index (κ1) is 17.7. The van der Waals surface area contributed by atoms with Gasteiger partial charge in [0, 0.05) is 44.5 Å². The summed E-state index contributed by atoms with van der Waals surface area (Å²) < 4.78 is 5.40. The van der Waals surface area contributed by atoms with Gasteiger partial charge < -0.3 is 9.32 Å². The highest BCUT2D eigenvalue weighted by atomic mass is 16.3. The largest absolute Gasteiger partial charge is 0.465 e. The molecule has 1 saturated heterocycles. The van der Waals surface area contributed by atoms with Gasteiger partial charge in [0.05, 0.1) is 6.26 Å². The van der Waals surface area contributed by atoms with Gasteiger partial charge in [-0.05, 0) is 38.5 Å². The van der Waals surface area contributed by atoms with Gasteiger partial charge in [-0.3, -0.25) is 4.90 Å². The molecule has 0 aromatic carbocycles. The Morgan fingerprint density at radius 3 is 2.76 bits per heavy atom. The maximum absolute atomic E-state index is 5.40. The van der Waals surface area contributed by atoms with Crippen molar-refractivity contribution in [2.45, 2.75) is 33.6 Å². The quantitative estimate of drug-likeness (QED) is 0.804. The second-order valence-electron chi connectivity index (χ2n) is 6.79. The molecule has 0 N–H and O–H groups in total. The molecule has 1 aliphatic heterocycles. The standard InChI is InChI=1S/C20H28N4O/c1-4-6-18-14-21-17(3)22-20(18)24-10-8-23(9-11-24)15-16(2)13-19-7-5-12-25-19/h5,7,12-14H,4,6,8-11,15H2,1-3H3/b16-13+. The van der Waals surface area contributed by atoms with Crippen LogP contribution in [0, 0.1) is 6.92 Å². The summed E-state index contributed by atoms with van der Waals surface area (Å²) in [4.78, 5) is 14.0. The Balaban J connectivity index is 1.59. The molecule has 0 radical (unpaired) electrons. The summed E-state index contributed by atoms with van der Waals surface area (Å²) in [5.41, 5.74) is 2.60. The molecule has 1 aliphatic rings. The van der Waals surface area contributed by atoms with Crippen LogP contribution in [0.3, 0.4) is 0 Å². The third-order valence-corrected chi connectivity index (χ3v) is 4.56. The van der Waals surface area contributed by atoms with Gasteiger partial charge in [0.15, 0.2) is 0 Å². The minimum Gasteiger partial charge on any atom is -0.465 e. The second-order valence-corrected chi connectivity index (χ2v) is 6.79. The Labute approximate surface area is 150 Å². The van der Waals surface area contributed by atoms with Crippen LogP contribution in [-0.2, 0) is 6.42 Å². The average molecular weight is 340 g/mol. The zero-order chi connectivity index (χ0) is 17.6. The van der Waals surface area contributed by atoms with Crippen LogP contribution in [-0.4, -0.2) is 47.6 Å². The molecule has 25 heavy (non-hydrogen) atoms. The molecular weight excluding hydrogens is 312 g/mol. The number of hydrogen-bond donors (Lipinski definition) is 0. The summed E-state index contributed by atoms with van der Waals surface area (Å²) in [5.74, 6) is 2.92. The summed E-state index contributed by atoms with van der Waals surface area (Å²) in [6, 6.07) is 3.92. The van der Waals surface area contributed by atoms with Crippen LogP contribution in [0.15, 0.2) is 34.6 Å². The van der Waals surface area contributed by atoms with Gasteiger partial charge in [-0.25, -0.2) is 9.97 Å². The number of nitrogens with zero attached hydrogens (tertiary/aromatic N) is 4. The average Bonchev–Trinajstić information content (AvgIpc) is 3.10. The van der Waals surface area contributed by atoms with E-state index in [0.29, 0.717) is 0 Å². The van der Waals surface area contributed by atoms with E-state index in [2.05, 4.69) is 34.7 Å². The number of aromatic nitrogens is 2. The Hall–Kier alpha value is -2.14. The molecule has 1 fully saturated rings. The van der Waals surface area contributed by atoms with Gasteiger partial charge in [0.1, 0.15) is 17.4 Å². The van der Waals surface area contributed by atoms with Crippen LogP contribution >= 0.6 is 0 Å². The van der Waals surface area contributed by atoms with E-state index in [4.69, 9.17) is 9.40 Å². The van der Waals surface area contributed by atoms with Crippen LogP contribution in [0.2, 0.25) is 0 Å². The second kappa shape index (κ2) is 8.30. The summed E-state index contributed by atoms with van der Waals surface area (Å²) in [6.45, 7) is 11.5. The van der Waals surface area contributed by atoms with Crippen LogP contribution in [0.4, 0.5) is 5.82 Å². The normalized spacial score (nSPS) is 16.4. The van der Waals surface area contributed by atoms with E-state index in [1.165, 1.54) is 11.1 Å². The van der Waals surface area contributed by atoms with Crippen LogP contribution < -0.4 is 4.90 Å². The van der Waals surface area contributed by atoms with Crippen LogP contribution in [0.25, 0.3) is 6.08 Å². The lowest BCUT2D eigenvalue weighted by Gasteiger charge is -2.36. The Bertz CT molecular complexity index is 700. The zero-order valence-corrected chi connectivity index (χ0v) is 15.5. The predicted molar refractivity (Wildman–Crippen MR) is 102 cm³/mol. The maximum atomic E-state index is 5.40. The maximum Gasteiger partial charge on any atom is 0.135 e. The molecule has 0 saturated carbocycles. The van der Waals surface area contributed by atoms with Crippen molar-refractivity contribution in [1.29, 1.82) is 0 Å². The van der Waals surface area contributed by atoms with E-state index in [9.17, 15) is 0 Å². The fourth-order valence-electron chi connectivity index (χ4n) is 3.33. The number of furan rings is 1. The highest BCUT2D eigenvalue weighted by Gasteiger charge is 2.20. The molecule has 3 heterocycles. The van der Waals surface area contributed by atoms with E-state index in [-0.39, 0.29) is 0 Å². The zero-order valence-electron chi connectivity index (χ0n) is 15.5. The van der Waals surface area contributed by atoms with Crippen molar-refractivity contribution < 1.29 is 4.42 Å². The summed E-state index contributed by atoms with van der Waals surface area (Å²) in [7, 11) is 0. The van der Waals surface area contributed by atoms with E-state index < -0.39 is 0 Å². The molecular formula is C20H28N4O. The van der Waals surface area contributed by atoms with Crippen molar-refractivity contribution >= 4 is 11.9 Å². The van der Waals surface area contributed by atoms with Crippen LogP contribution in [0.5, 0.6) is 0 Å². The first-order valence-corrected chi connectivity index (χ1v) is 9.16. The van der Waals surface area contributed by atoms with Crippen molar-refractivity contribution in [3.63, 3.8) is 0 Å². The van der Waals surface area contributed by atoms with Crippen molar-refractivity contribution in [3.8, 4) is 0 Å². The highest BCUT2D eigenvalue weighted by Crippen LogP contribution is 2.21. The van der Waals surface area contributed by atoms with Gasteiger partial charge in [-0.15, -0.1) is 0 Å². The first-order valence-electron chi connectivity index (χ1n) is 9.16. The van der Waals surface area contributed by atoms with Gasteiger partial charge in [0.25, 0.3) is 0 Å². The van der Waals surface area contributed by atoms with Crippen molar-refractivity contribution in [1.82, 2.24) is 14.9 Å². The third kappa shape index (κ3) is 4.69. The molecule has 3 rings (SSSR count). The lowest BCUT2D eigenvalue weighted by atomic mass is 10.1. The monoisotopic (exact) mass is 340 g/mol. The predicted octanol–water partition coefficient (Wildman–Crippen LogP) is 3.56. The molecule has 0 amide bonds. The number of rotatable bonds is 6. The number of hydrogen-bond acceptors (Lipinski definition) is 5. The molecule has 0 spiro atoms. The van der Waals surface area contributed by atoms with E-state index in [1.54, 1.807) is 6.26 Å². The van der Waals surface area contributed by atoms with Crippen molar-refractivity contribution in [2.75, 3.05) is 37.6 Å². The number of aryl methyl sites for hydroxylation is 2. The fraction of sp³-hybridized carbons (Fsp3) is 0.500. The van der Waals surface area contributed by atoms with Crippen molar-refractivity contribution in [2.24, 2.45) is 0 Å². The molecule has 2 aromatic rings. The SMILES string of the molecule is CCCc1cnc(C)nc1N1CCN(C/C(C)=C/c2ccco2)CC1. The molecule has 0 aliphatic carbocycles. The van der Waals surface area contributed by atoms with Gasteiger partial charge in [-0.2, -0.15) is 0 Å². The molecule has 2 aromatic heterocycles. The Morgan fingerprint density at radius 2 is 2.08 bits per heavy atom. The van der Waals surface area contributed by atoms with Gasteiger partial charge >= 0.3 is 0 Å². The fourth-order valence-corrected chi connectivity index (χ4v) is 3.33. The molecule has 0 bridgehead atoms. The smallest absolute Gasteiger partial charge is 0.135 e. The molecule has 0 unspecified atom stereocenters. The van der Waals surface area contributed by atoms with E-state index >= 15 is 0 Å². The lowest BCUT2D eigenvalue weighted by Crippen LogP contribution is -2.47. The van der Waals surface area contributed by atoms with Gasteiger partial charge in [0.2, 0.25) is 0 Å².